The van der Waals surface area contributed by atoms with Crippen LogP contribution >= 0.6 is 0 Å². The van der Waals surface area contributed by atoms with E-state index in [1.165, 1.54) is 11.1 Å². The van der Waals surface area contributed by atoms with Crippen LogP contribution in [0.5, 0.6) is 0 Å². The second kappa shape index (κ2) is 6.50. The summed E-state index contributed by atoms with van der Waals surface area (Å²) in [5, 5.41) is 8.15. The van der Waals surface area contributed by atoms with Gasteiger partial charge in [0.15, 0.2) is 0 Å². The summed E-state index contributed by atoms with van der Waals surface area (Å²) in [5.74, 6) is 1.33. The van der Waals surface area contributed by atoms with Crippen molar-refractivity contribution in [1.82, 2.24) is 19.7 Å². The molecule has 2 heterocycles. The van der Waals surface area contributed by atoms with Crippen LogP contribution in [0.3, 0.4) is 0 Å². The van der Waals surface area contributed by atoms with E-state index >= 15 is 0 Å². The summed E-state index contributed by atoms with van der Waals surface area (Å²) < 4.78 is 1.93. The van der Waals surface area contributed by atoms with Gasteiger partial charge >= 0.3 is 0 Å². The number of nitrogens with zero attached hydrogens (tertiary/aromatic N) is 4. The summed E-state index contributed by atoms with van der Waals surface area (Å²) in [7, 11) is 0. The van der Waals surface area contributed by atoms with Crippen LogP contribution in [0.25, 0.3) is 0 Å². The number of rotatable bonds is 3. The number of fused-ring (bicyclic) bond motifs is 1. The molecule has 2 N–H and O–H groups in total. The van der Waals surface area contributed by atoms with E-state index in [0.717, 1.165) is 44.6 Å². The van der Waals surface area contributed by atoms with E-state index in [1.54, 1.807) is 0 Å². The molecule has 1 aliphatic heterocycles. The molecule has 6 nitrogen and oxygen atoms in total. The lowest BCUT2D eigenvalue weighted by Gasteiger charge is -2.44. The fraction of sp³-hybridized carbons (Fsp3) is 0.550. The van der Waals surface area contributed by atoms with Crippen LogP contribution in [-0.2, 0) is 12.0 Å². The van der Waals surface area contributed by atoms with Gasteiger partial charge in [0, 0.05) is 31.1 Å². The molecule has 6 heteroatoms. The molecule has 1 amide bonds. The highest BCUT2D eigenvalue weighted by molar-refractivity contribution is 5.91. The van der Waals surface area contributed by atoms with E-state index in [0.29, 0.717) is 12.4 Å². The molecule has 1 aliphatic carbocycles. The smallest absolute Gasteiger partial charge is 0.292 e. The predicted octanol–water partition coefficient (Wildman–Crippen LogP) is 2.19. The molecule has 0 saturated heterocycles. The lowest BCUT2D eigenvalue weighted by molar-refractivity contribution is 0.0521. The van der Waals surface area contributed by atoms with Crippen molar-refractivity contribution in [1.29, 1.82) is 0 Å². The third-order valence-corrected chi connectivity index (χ3v) is 6.33. The highest BCUT2D eigenvalue weighted by Crippen LogP contribution is 2.40. The standard InChI is InChI=1S/C20H27N5O/c1-14-4-3-5-16(12-14)20(13-21)8-6-17(7-9-20)25-11-10-24-15(2)22-23-18(24)19(25)26/h3-5,12,17H,6-11,13,21H2,1-2H3. The molecule has 2 aromatic rings. The minimum absolute atomic E-state index is 0.0256. The Morgan fingerprint density at radius 2 is 1.96 bits per heavy atom. The van der Waals surface area contributed by atoms with Crippen LogP contribution in [0.1, 0.15) is 53.3 Å². The van der Waals surface area contributed by atoms with Gasteiger partial charge in [0.1, 0.15) is 5.82 Å². The van der Waals surface area contributed by atoms with Crippen molar-refractivity contribution in [3.05, 3.63) is 47.0 Å². The Kier molecular flexibility index (Phi) is 4.31. The Labute approximate surface area is 154 Å². The number of carbonyl (C=O) groups is 1. The Balaban J connectivity index is 1.51. The topological polar surface area (TPSA) is 77.0 Å². The van der Waals surface area contributed by atoms with Crippen molar-refractivity contribution in [2.75, 3.05) is 13.1 Å². The minimum atomic E-state index is 0.0256. The largest absolute Gasteiger partial charge is 0.331 e. The first kappa shape index (κ1) is 17.2. The van der Waals surface area contributed by atoms with Crippen molar-refractivity contribution >= 4 is 5.91 Å². The van der Waals surface area contributed by atoms with Crippen LogP contribution in [0, 0.1) is 13.8 Å². The molecule has 138 valence electrons. The van der Waals surface area contributed by atoms with Crippen LogP contribution in [0.15, 0.2) is 24.3 Å². The molecule has 1 fully saturated rings. The van der Waals surface area contributed by atoms with Gasteiger partial charge in [-0.2, -0.15) is 0 Å². The molecule has 2 aliphatic rings. The molecule has 0 bridgehead atoms. The van der Waals surface area contributed by atoms with Gasteiger partial charge in [-0.05, 0) is 45.1 Å². The van der Waals surface area contributed by atoms with E-state index in [2.05, 4.69) is 41.4 Å². The molecular formula is C20H27N5O. The van der Waals surface area contributed by atoms with Gasteiger partial charge in [-0.25, -0.2) is 0 Å². The second-order valence-corrected chi connectivity index (χ2v) is 7.81. The fourth-order valence-corrected chi connectivity index (χ4v) is 4.65. The Hall–Kier alpha value is -2.21. The number of nitrogens with two attached hydrogens (primary N) is 1. The number of carbonyl (C=O) groups excluding carboxylic acids is 1. The highest BCUT2D eigenvalue weighted by Gasteiger charge is 2.40. The van der Waals surface area contributed by atoms with Crippen LogP contribution < -0.4 is 5.73 Å². The van der Waals surface area contributed by atoms with Gasteiger partial charge in [0.05, 0.1) is 0 Å². The maximum absolute atomic E-state index is 12.9. The summed E-state index contributed by atoms with van der Waals surface area (Å²) >= 11 is 0. The molecule has 0 atom stereocenters. The van der Waals surface area contributed by atoms with Gasteiger partial charge in [0.25, 0.3) is 5.91 Å². The maximum atomic E-state index is 12.9. The zero-order valence-electron chi connectivity index (χ0n) is 15.6. The molecule has 0 radical (unpaired) electrons. The molecule has 1 aromatic heterocycles. The molecule has 1 saturated carbocycles. The van der Waals surface area contributed by atoms with Crippen molar-refractivity contribution in [2.24, 2.45) is 5.73 Å². The Bertz CT molecular complexity index is 819. The van der Waals surface area contributed by atoms with Gasteiger partial charge in [-0.15, -0.1) is 10.2 Å². The van der Waals surface area contributed by atoms with E-state index < -0.39 is 0 Å². The normalized spacial score (nSPS) is 26.0. The van der Waals surface area contributed by atoms with Gasteiger partial charge in [-0.1, -0.05) is 29.8 Å². The van der Waals surface area contributed by atoms with Crippen molar-refractivity contribution in [2.45, 2.75) is 57.5 Å². The monoisotopic (exact) mass is 353 g/mol. The summed E-state index contributed by atoms with van der Waals surface area (Å²) in [6.07, 6.45) is 4.02. The summed E-state index contributed by atoms with van der Waals surface area (Å²) in [5.41, 5.74) is 8.90. The summed E-state index contributed by atoms with van der Waals surface area (Å²) in [6.45, 7) is 6.22. The summed E-state index contributed by atoms with van der Waals surface area (Å²) in [4.78, 5) is 14.9. The minimum Gasteiger partial charge on any atom is -0.331 e. The SMILES string of the molecule is Cc1cccc(C2(CN)CCC(N3CCn4c(C)nnc4C3=O)CC2)c1. The van der Waals surface area contributed by atoms with Crippen LogP contribution in [0.4, 0.5) is 0 Å². The zero-order chi connectivity index (χ0) is 18.3. The molecule has 4 rings (SSSR count). The summed E-state index contributed by atoms with van der Waals surface area (Å²) in [6, 6.07) is 9.00. The second-order valence-electron chi connectivity index (χ2n) is 7.81. The Morgan fingerprint density at radius 3 is 2.65 bits per heavy atom. The van der Waals surface area contributed by atoms with E-state index in [-0.39, 0.29) is 17.4 Å². The van der Waals surface area contributed by atoms with Crippen molar-refractivity contribution in [3.8, 4) is 0 Å². The first-order valence-electron chi connectivity index (χ1n) is 9.52. The highest BCUT2D eigenvalue weighted by atomic mass is 16.2. The maximum Gasteiger partial charge on any atom is 0.292 e. The molecule has 1 aromatic carbocycles. The van der Waals surface area contributed by atoms with Crippen molar-refractivity contribution < 1.29 is 4.79 Å². The lowest BCUT2D eigenvalue weighted by Crippen LogP contribution is -2.50. The fourth-order valence-electron chi connectivity index (χ4n) is 4.65. The number of aromatic nitrogens is 3. The number of hydrogen-bond acceptors (Lipinski definition) is 4. The number of amides is 1. The first-order valence-corrected chi connectivity index (χ1v) is 9.52. The Morgan fingerprint density at radius 1 is 1.19 bits per heavy atom. The number of hydrogen-bond donors (Lipinski definition) is 1. The number of benzene rings is 1. The molecular weight excluding hydrogens is 326 g/mol. The molecule has 0 unspecified atom stereocenters. The third-order valence-electron chi connectivity index (χ3n) is 6.33. The number of aryl methyl sites for hydroxylation is 2. The van der Waals surface area contributed by atoms with Crippen LogP contribution in [-0.4, -0.2) is 44.7 Å². The van der Waals surface area contributed by atoms with Gasteiger partial charge in [-0.3, -0.25) is 4.79 Å². The van der Waals surface area contributed by atoms with Gasteiger partial charge in [0.2, 0.25) is 5.82 Å². The van der Waals surface area contributed by atoms with E-state index in [9.17, 15) is 4.79 Å². The molecule has 26 heavy (non-hydrogen) atoms. The average Bonchev–Trinajstić information content (AvgIpc) is 3.04. The van der Waals surface area contributed by atoms with E-state index in [4.69, 9.17) is 5.73 Å². The average molecular weight is 353 g/mol. The first-order chi connectivity index (χ1) is 12.5. The molecule has 0 spiro atoms. The predicted molar refractivity (Wildman–Crippen MR) is 100.0 cm³/mol. The van der Waals surface area contributed by atoms with E-state index in [1.807, 2.05) is 16.4 Å². The van der Waals surface area contributed by atoms with Crippen molar-refractivity contribution in [3.63, 3.8) is 0 Å². The zero-order valence-corrected chi connectivity index (χ0v) is 15.6. The quantitative estimate of drug-likeness (QED) is 0.918. The third kappa shape index (κ3) is 2.72. The lowest BCUT2D eigenvalue weighted by atomic mass is 9.67. The van der Waals surface area contributed by atoms with Crippen LogP contribution in [0.2, 0.25) is 0 Å². The van der Waals surface area contributed by atoms with Gasteiger partial charge < -0.3 is 15.2 Å².